The van der Waals surface area contributed by atoms with Crippen LogP contribution in [0.25, 0.3) is 0 Å². The molecule has 0 aliphatic heterocycles. The Bertz CT molecular complexity index is 489. The van der Waals surface area contributed by atoms with E-state index in [1.807, 2.05) is 24.8 Å². The minimum Gasteiger partial charge on any atom is -0.358 e. The summed E-state index contributed by atoms with van der Waals surface area (Å²) in [6.07, 6.45) is 0. The molecule has 0 aliphatic rings. The summed E-state index contributed by atoms with van der Waals surface area (Å²) in [5.74, 6) is 0.122. The van der Waals surface area contributed by atoms with Gasteiger partial charge in [0.2, 0.25) is 5.91 Å². The van der Waals surface area contributed by atoms with Gasteiger partial charge in [0.05, 0.1) is 11.3 Å². The van der Waals surface area contributed by atoms with E-state index in [-0.39, 0.29) is 11.7 Å². The number of thiophene rings is 1. The fourth-order valence-corrected chi connectivity index (χ4v) is 3.31. The van der Waals surface area contributed by atoms with Crippen molar-refractivity contribution in [3.63, 3.8) is 0 Å². The standard InChI is InChI=1S/C12H15N3OS3/c1-3-15(4-2)12(17)19-8-10(16)14-11-9(7-13)5-6-18-11/h5-6H,3-4,8H2,1-2H3,(H,14,16). The number of nitriles is 1. The maximum atomic E-state index is 11.8. The number of amides is 1. The smallest absolute Gasteiger partial charge is 0.235 e. The number of carbonyl (C=O) groups excluding carboxylic acids is 1. The lowest BCUT2D eigenvalue weighted by Crippen LogP contribution is -2.28. The van der Waals surface area contributed by atoms with Gasteiger partial charge in [-0.25, -0.2) is 0 Å². The van der Waals surface area contributed by atoms with Gasteiger partial charge in [0, 0.05) is 13.1 Å². The van der Waals surface area contributed by atoms with E-state index in [1.54, 1.807) is 11.4 Å². The molecule has 0 bridgehead atoms. The molecule has 1 aromatic heterocycles. The molecule has 0 aromatic carbocycles. The van der Waals surface area contributed by atoms with Gasteiger partial charge in [0.1, 0.15) is 15.4 Å². The van der Waals surface area contributed by atoms with Crippen LogP contribution in [0.1, 0.15) is 19.4 Å². The molecule has 0 radical (unpaired) electrons. The van der Waals surface area contributed by atoms with Crippen LogP contribution in [0.4, 0.5) is 5.00 Å². The molecule has 19 heavy (non-hydrogen) atoms. The molecule has 0 fully saturated rings. The number of hydrogen-bond donors (Lipinski definition) is 1. The molecule has 102 valence electrons. The van der Waals surface area contributed by atoms with Crippen LogP contribution in [-0.4, -0.2) is 34.0 Å². The second-order valence-electron chi connectivity index (χ2n) is 3.55. The first-order chi connectivity index (χ1) is 9.12. The molecule has 0 spiro atoms. The van der Waals surface area contributed by atoms with Gasteiger partial charge in [0.25, 0.3) is 0 Å². The predicted octanol–water partition coefficient (Wildman–Crippen LogP) is 2.92. The number of nitrogens with one attached hydrogen (secondary N) is 1. The van der Waals surface area contributed by atoms with Gasteiger partial charge in [-0.2, -0.15) is 5.26 Å². The highest BCUT2D eigenvalue weighted by Gasteiger charge is 2.11. The van der Waals surface area contributed by atoms with Crippen molar-refractivity contribution in [2.45, 2.75) is 13.8 Å². The first-order valence-corrected chi connectivity index (χ1v) is 8.08. The molecule has 1 rings (SSSR count). The van der Waals surface area contributed by atoms with E-state index in [9.17, 15) is 4.79 Å². The number of carbonyl (C=O) groups is 1. The van der Waals surface area contributed by atoms with Gasteiger partial charge < -0.3 is 10.2 Å². The second-order valence-corrected chi connectivity index (χ2v) is 6.08. The van der Waals surface area contributed by atoms with E-state index < -0.39 is 0 Å². The Morgan fingerprint density at radius 3 is 2.84 bits per heavy atom. The third-order valence-electron chi connectivity index (χ3n) is 2.39. The minimum absolute atomic E-state index is 0.140. The fourth-order valence-electron chi connectivity index (χ4n) is 1.36. The number of hydrogen-bond acceptors (Lipinski definition) is 5. The van der Waals surface area contributed by atoms with Gasteiger partial charge >= 0.3 is 0 Å². The first-order valence-electron chi connectivity index (χ1n) is 5.81. The van der Waals surface area contributed by atoms with Crippen LogP contribution in [0.3, 0.4) is 0 Å². The fraction of sp³-hybridized carbons (Fsp3) is 0.417. The summed E-state index contributed by atoms with van der Waals surface area (Å²) in [7, 11) is 0. The summed E-state index contributed by atoms with van der Waals surface area (Å²) in [5.41, 5.74) is 0.495. The number of thioether (sulfide) groups is 1. The van der Waals surface area contributed by atoms with E-state index in [0.717, 1.165) is 17.4 Å². The van der Waals surface area contributed by atoms with Crippen molar-refractivity contribution in [1.82, 2.24) is 4.90 Å². The zero-order valence-electron chi connectivity index (χ0n) is 10.8. The van der Waals surface area contributed by atoms with E-state index >= 15 is 0 Å². The van der Waals surface area contributed by atoms with Crippen molar-refractivity contribution in [3.05, 3.63) is 17.0 Å². The zero-order chi connectivity index (χ0) is 14.3. The van der Waals surface area contributed by atoms with Gasteiger partial charge in [0.15, 0.2) is 0 Å². The summed E-state index contributed by atoms with van der Waals surface area (Å²) in [5, 5.41) is 14.0. The lowest BCUT2D eigenvalue weighted by molar-refractivity contribution is -0.113. The Labute approximate surface area is 126 Å². The molecule has 0 saturated heterocycles. The molecule has 0 atom stereocenters. The van der Waals surface area contributed by atoms with Crippen molar-refractivity contribution in [2.75, 3.05) is 24.2 Å². The molecule has 0 aliphatic carbocycles. The van der Waals surface area contributed by atoms with E-state index in [4.69, 9.17) is 17.5 Å². The third-order valence-corrected chi connectivity index (χ3v) is 4.74. The minimum atomic E-state index is -0.140. The summed E-state index contributed by atoms with van der Waals surface area (Å²) >= 11 is 7.94. The Morgan fingerprint density at radius 2 is 2.26 bits per heavy atom. The van der Waals surface area contributed by atoms with Gasteiger partial charge in [-0.1, -0.05) is 24.0 Å². The number of rotatable bonds is 5. The Balaban J connectivity index is 2.45. The molecule has 0 saturated carbocycles. The quantitative estimate of drug-likeness (QED) is 0.847. The Morgan fingerprint density at radius 1 is 1.58 bits per heavy atom. The zero-order valence-corrected chi connectivity index (χ0v) is 13.3. The molecule has 1 N–H and O–H groups in total. The van der Waals surface area contributed by atoms with Crippen molar-refractivity contribution >= 4 is 50.5 Å². The van der Waals surface area contributed by atoms with E-state index in [0.29, 0.717) is 10.6 Å². The average molecular weight is 313 g/mol. The molecular formula is C12H15N3OS3. The second kappa shape index (κ2) is 8.15. The Kier molecular flexibility index (Phi) is 6.84. The largest absolute Gasteiger partial charge is 0.358 e. The van der Waals surface area contributed by atoms with E-state index in [2.05, 4.69) is 5.32 Å². The molecular weight excluding hydrogens is 298 g/mol. The Hall–Kier alpha value is -1.10. The van der Waals surface area contributed by atoms with Gasteiger partial charge in [-0.05, 0) is 25.3 Å². The average Bonchev–Trinajstić information content (AvgIpc) is 2.85. The number of thiocarbonyl (C=S) groups is 1. The molecule has 1 aromatic rings. The molecule has 0 unspecified atom stereocenters. The molecule has 1 heterocycles. The summed E-state index contributed by atoms with van der Waals surface area (Å²) in [6, 6.07) is 3.73. The maximum absolute atomic E-state index is 11.8. The predicted molar refractivity (Wildman–Crippen MR) is 85.6 cm³/mol. The van der Waals surface area contributed by atoms with Crippen LogP contribution < -0.4 is 5.32 Å². The van der Waals surface area contributed by atoms with Gasteiger partial charge in [-0.15, -0.1) is 11.3 Å². The summed E-state index contributed by atoms with van der Waals surface area (Å²) in [6.45, 7) is 5.74. The van der Waals surface area contributed by atoms with E-state index in [1.165, 1.54) is 23.1 Å². The lowest BCUT2D eigenvalue weighted by atomic mass is 10.3. The van der Waals surface area contributed by atoms with Crippen LogP contribution in [0.2, 0.25) is 0 Å². The SMILES string of the molecule is CCN(CC)C(=S)SCC(=O)Nc1sccc1C#N. The van der Waals surface area contributed by atoms with Crippen LogP contribution >= 0.6 is 35.3 Å². The van der Waals surface area contributed by atoms with Crippen molar-refractivity contribution in [3.8, 4) is 6.07 Å². The monoisotopic (exact) mass is 313 g/mol. The van der Waals surface area contributed by atoms with Gasteiger partial charge in [-0.3, -0.25) is 4.79 Å². The number of nitrogens with zero attached hydrogens (tertiary/aromatic N) is 2. The van der Waals surface area contributed by atoms with Crippen LogP contribution in [-0.2, 0) is 4.79 Å². The molecule has 4 nitrogen and oxygen atoms in total. The highest BCUT2D eigenvalue weighted by atomic mass is 32.2. The lowest BCUT2D eigenvalue weighted by Gasteiger charge is -2.20. The normalized spacial score (nSPS) is 9.74. The van der Waals surface area contributed by atoms with Crippen LogP contribution in [0.5, 0.6) is 0 Å². The highest BCUT2D eigenvalue weighted by Crippen LogP contribution is 2.22. The highest BCUT2D eigenvalue weighted by molar-refractivity contribution is 8.23. The molecule has 1 amide bonds. The molecule has 7 heteroatoms. The summed E-state index contributed by atoms with van der Waals surface area (Å²) in [4.78, 5) is 13.8. The number of anilines is 1. The van der Waals surface area contributed by atoms with Crippen molar-refractivity contribution < 1.29 is 4.79 Å². The van der Waals surface area contributed by atoms with Crippen LogP contribution in [0, 0.1) is 11.3 Å². The third kappa shape index (κ3) is 4.82. The first kappa shape index (κ1) is 16.0. The maximum Gasteiger partial charge on any atom is 0.235 e. The van der Waals surface area contributed by atoms with Crippen molar-refractivity contribution in [1.29, 1.82) is 5.26 Å². The summed E-state index contributed by atoms with van der Waals surface area (Å²) < 4.78 is 0.729. The van der Waals surface area contributed by atoms with Crippen LogP contribution in [0.15, 0.2) is 11.4 Å². The van der Waals surface area contributed by atoms with Crippen molar-refractivity contribution in [2.24, 2.45) is 0 Å². The topological polar surface area (TPSA) is 56.1 Å².